The van der Waals surface area contributed by atoms with E-state index >= 15 is 0 Å². The standard InChI is InChI=1S/C11H14N6S/c1-6(2)4-8-5-9(14-13-8)10-16-17-7(3)12-15-11(17)18-10/h5-6H,4H2,1-3H3,(H,13,14). The van der Waals surface area contributed by atoms with Crippen molar-refractivity contribution in [1.29, 1.82) is 0 Å². The van der Waals surface area contributed by atoms with Crippen LogP contribution in [0, 0.1) is 12.8 Å². The van der Waals surface area contributed by atoms with E-state index in [0.717, 1.165) is 33.6 Å². The summed E-state index contributed by atoms with van der Waals surface area (Å²) >= 11 is 1.50. The molecule has 0 amide bonds. The van der Waals surface area contributed by atoms with E-state index in [1.165, 1.54) is 11.3 Å². The highest BCUT2D eigenvalue weighted by atomic mass is 32.1. The molecule has 6 nitrogen and oxygen atoms in total. The van der Waals surface area contributed by atoms with Crippen molar-refractivity contribution < 1.29 is 0 Å². The van der Waals surface area contributed by atoms with Gasteiger partial charge < -0.3 is 0 Å². The van der Waals surface area contributed by atoms with E-state index < -0.39 is 0 Å². The summed E-state index contributed by atoms with van der Waals surface area (Å²) in [4.78, 5) is 0.802. The Bertz CT molecular complexity index is 677. The number of rotatable bonds is 3. The van der Waals surface area contributed by atoms with Crippen molar-refractivity contribution in [3.8, 4) is 10.7 Å². The smallest absolute Gasteiger partial charge is 0.235 e. The van der Waals surface area contributed by atoms with Crippen LogP contribution in [0.3, 0.4) is 0 Å². The van der Waals surface area contributed by atoms with Crippen molar-refractivity contribution in [2.75, 3.05) is 0 Å². The third-order valence-electron chi connectivity index (χ3n) is 2.62. The van der Waals surface area contributed by atoms with Gasteiger partial charge in [0.2, 0.25) is 4.96 Å². The van der Waals surface area contributed by atoms with Gasteiger partial charge in [-0.25, -0.2) is 0 Å². The first-order valence-electron chi connectivity index (χ1n) is 5.87. The molecule has 0 unspecified atom stereocenters. The van der Waals surface area contributed by atoms with E-state index in [2.05, 4.69) is 45.4 Å². The zero-order chi connectivity index (χ0) is 12.7. The van der Waals surface area contributed by atoms with Crippen molar-refractivity contribution in [1.82, 2.24) is 30.0 Å². The molecule has 0 aliphatic heterocycles. The van der Waals surface area contributed by atoms with Crippen molar-refractivity contribution >= 4 is 16.3 Å². The van der Waals surface area contributed by atoms with E-state index in [1.807, 2.05) is 6.92 Å². The number of fused-ring (bicyclic) bond motifs is 1. The van der Waals surface area contributed by atoms with Crippen LogP contribution in [0.1, 0.15) is 25.4 Å². The fourth-order valence-corrected chi connectivity index (χ4v) is 2.68. The maximum atomic E-state index is 4.46. The maximum absolute atomic E-state index is 4.46. The van der Waals surface area contributed by atoms with Crippen LogP contribution in [0.15, 0.2) is 6.07 Å². The number of aromatic amines is 1. The number of aromatic nitrogens is 6. The lowest BCUT2D eigenvalue weighted by Crippen LogP contribution is -1.93. The highest BCUT2D eigenvalue weighted by Crippen LogP contribution is 2.24. The quantitative estimate of drug-likeness (QED) is 0.784. The second-order valence-electron chi connectivity index (χ2n) is 4.73. The lowest BCUT2D eigenvalue weighted by atomic mass is 10.1. The molecule has 1 N–H and O–H groups in total. The van der Waals surface area contributed by atoms with E-state index in [-0.39, 0.29) is 0 Å². The molecule has 3 aromatic rings. The number of hydrogen-bond acceptors (Lipinski definition) is 5. The molecule has 0 radical (unpaired) electrons. The molecule has 0 aliphatic rings. The lowest BCUT2D eigenvalue weighted by molar-refractivity contribution is 0.633. The van der Waals surface area contributed by atoms with Crippen LogP contribution in [0.2, 0.25) is 0 Å². The Balaban J connectivity index is 1.96. The average molecular weight is 262 g/mol. The van der Waals surface area contributed by atoms with Crippen molar-refractivity contribution in [3.05, 3.63) is 17.6 Å². The minimum atomic E-state index is 0.610. The first-order valence-corrected chi connectivity index (χ1v) is 6.68. The summed E-state index contributed by atoms with van der Waals surface area (Å²) in [5.74, 6) is 1.41. The molecule has 0 atom stereocenters. The average Bonchev–Trinajstić information content (AvgIpc) is 2.95. The van der Waals surface area contributed by atoms with Crippen LogP contribution < -0.4 is 0 Å². The number of nitrogens with zero attached hydrogens (tertiary/aromatic N) is 5. The van der Waals surface area contributed by atoms with E-state index in [0.29, 0.717) is 5.92 Å². The van der Waals surface area contributed by atoms with Crippen LogP contribution in [-0.2, 0) is 6.42 Å². The molecule has 3 aromatic heterocycles. The number of aryl methyl sites for hydroxylation is 1. The summed E-state index contributed by atoms with van der Waals surface area (Å²) in [7, 11) is 0. The van der Waals surface area contributed by atoms with Gasteiger partial charge in [0.25, 0.3) is 0 Å². The molecule has 0 saturated heterocycles. The SMILES string of the molecule is Cc1nnc2sc(-c3cc(CC(C)C)[nH]n3)nn12. The fraction of sp³-hybridized carbons (Fsp3) is 0.455. The molecule has 0 aliphatic carbocycles. The summed E-state index contributed by atoms with van der Waals surface area (Å²) in [6, 6.07) is 2.06. The summed E-state index contributed by atoms with van der Waals surface area (Å²) in [5, 5.41) is 20.7. The summed E-state index contributed by atoms with van der Waals surface area (Å²) in [5.41, 5.74) is 2.02. The Labute approximate surface area is 108 Å². The van der Waals surface area contributed by atoms with Gasteiger partial charge in [-0.2, -0.15) is 14.7 Å². The molecule has 3 heterocycles. The zero-order valence-electron chi connectivity index (χ0n) is 10.5. The van der Waals surface area contributed by atoms with Gasteiger partial charge in [0.15, 0.2) is 10.8 Å². The molecule has 18 heavy (non-hydrogen) atoms. The third-order valence-corrected chi connectivity index (χ3v) is 3.55. The molecule has 0 aromatic carbocycles. The van der Waals surface area contributed by atoms with Crippen molar-refractivity contribution in [2.24, 2.45) is 5.92 Å². The lowest BCUT2D eigenvalue weighted by Gasteiger charge is -1.98. The van der Waals surface area contributed by atoms with Crippen molar-refractivity contribution in [3.63, 3.8) is 0 Å². The predicted octanol–water partition coefficient (Wildman–Crippen LogP) is 2.08. The first-order chi connectivity index (χ1) is 8.63. The molecule has 0 spiro atoms. The van der Waals surface area contributed by atoms with Crippen molar-refractivity contribution in [2.45, 2.75) is 27.2 Å². The first kappa shape index (κ1) is 11.3. The predicted molar refractivity (Wildman–Crippen MR) is 69.5 cm³/mol. The Morgan fingerprint density at radius 2 is 2.22 bits per heavy atom. The second-order valence-corrected chi connectivity index (χ2v) is 5.68. The third kappa shape index (κ3) is 1.90. The number of H-pyrrole nitrogens is 1. The topological polar surface area (TPSA) is 71.8 Å². The molecular weight excluding hydrogens is 248 g/mol. The van der Waals surface area contributed by atoms with Gasteiger partial charge in [0, 0.05) is 5.69 Å². The van der Waals surface area contributed by atoms with Crippen LogP contribution in [0.4, 0.5) is 0 Å². The molecular formula is C11H14N6S. The minimum absolute atomic E-state index is 0.610. The highest BCUT2D eigenvalue weighted by molar-refractivity contribution is 7.19. The van der Waals surface area contributed by atoms with Gasteiger partial charge in [-0.3, -0.25) is 5.10 Å². The molecule has 3 rings (SSSR count). The maximum Gasteiger partial charge on any atom is 0.235 e. The summed E-state index contributed by atoms with van der Waals surface area (Å²) in [6.07, 6.45) is 0.996. The molecule has 7 heteroatoms. The zero-order valence-corrected chi connectivity index (χ0v) is 11.3. The highest BCUT2D eigenvalue weighted by Gasteiger charge is 2.13. The normalized spacial score (nSPS) is 11.8. The van der Waals surface area contributed by atoms with E-state index in [4.69, 9.17) is 0 Å². The molecule has 0 bridgehead atoms. The van der Waals surface area contributed by atoms with E-state index in [1.54, 1.807) is 4.52 Å². The molecule has 94 valence electrons. The second kappa shape index (κ2) is 4.16. The molecule has 0 fully saturated rings. The van der Waals surface area contributed by atoms with Crippen LogP contribution in [0.5, 0.6) is 0 Å². The monoisotopic (exact) mass is 262 g/mol. The van der Waals surface area contributed by atoms with E-state index in [9.17, 15) is 0 Å². The van der Waals surface area contributed by atoms with Crippen LogP contribution in [-0.4, -0.2) is 30.0 Å². The fourth-order valence-electron chi connectivity index (χ4n) is 1.83. The van der Waals surface area contributed by atoms with Gasteiger partial charge in [0.05, 0.1) is 0 Å². The van der Waals surface area contributed by atoms with Gasteiger partial charge in [-0.1, -0.05) is 25.2 Å². The Morgan fingerprint density at radius 3 is 2.94 bits per heavy atom. The molecule has 0 saturated carbocycles. The van der Waals surface area contributed by atoms with Crippen LogP contribution in [0.25, 0.3) is 15.7 Å². The van der Waals surface area contributed by atoms with Gasteiger partial charge >= 0.3 is 0 Å². The van der Waals surface area contributed by atoms with Gasteiger partial charge in [-0.05, 0) is 25.3 Å². The van der Waals surface area contributed by atoms with Gasteiger partial charge in [-0.15, -0.1) is 10.2 Å². The number of nitrogens with one attached hydrogen (secondary N) is 1. The largest absolute Gasteiger partial charge is 0.282 e. The Kier molecular flexibility index (Phi) is 2.62. The minimum Gasteiger partial charge on any atom is -0.282 e. The summed E-state index contributed by atoms with van der Waals surface area (Å²) < 4.78 is 1.75. The van der Waals surface area contributed by atoms with Crippen LogP contribution >= 0.6 is 11.3 Å². The summed E-state index contributed by atoms with van der Waals surface area (Å²) in [6.45, 7) is 6.26. The Morgan fingerprint density at radius 1 is 1.39 bits per heavy atom. The number of hydrogen-bond donors (Lipinski definition) is 1. The van der Waals surface area contributed by atoms with Gasteiger partial charge in [0.1, 0.15) is 5.69 Å². The Hall–Kier alpha value is -1.76.